The molecule has 0 aliphatic heterocycles. The average molecular weight is 211 g/mol. The Balaban J connectivity index is 1.85. The van der Waals surface area contributed by atoms with Gasteiger partial charge in [-0.3, -0.25) is 9.59 Å². The predicted octanol–water partition coefficient (Wildman–Crippen LogP) is 1.01. The lowest BCUT2D eigenvalue weighted by Gasteiger charge is -2.26. The number of carboxylic acid groups (broad SMARTS) is 1. The van der Waals surface area contributed by atoms with Crippen molar-refractivity contribution < 1.29 is 14.7 Å². The van der Waals surface area contributed by atoms with E-state index < -0.39 is 11.9 Å². The van der Waals surface area contributed by atoms with Crippen molar-refractivity contribution in [2.24, 2.45) is 17.8 Å². The number of rotatable bonds is 4. The molecule has 84 valence electrons. The molecule has 4 heteroatoms. The molecular formula is C11H17NO3. The van der Waals surface area contributed by atoms with Crippen molar-refractivity contribution in [1.82, 2.24) is 5.32 Å². The maximum Gasteiger partial charge on any atom is 0.307 e. The minimum Gasteiger partial charge on any atom is -0.481 e. The van der Waals surface area contributed by atoms with Crippen molar-refractivity contribution in [2.45, 2.75) is 38.6 Å². The Hall–Kier alpha value is -1.06. The number of aliphatic carboxylic acids is 1. The summed E-state index contributed by atoms with van der Waals surface area (Å²) < 4.78 is 0. The molecule has 0 aromatic heterocycles. The van der Waals surface area contributed by atoms with E-state index in [-0.39, 0.29) is 17.4 Å². The van der Waals surface area contributed by atoms with Crippen LogP contribution in [0.25, 0.3) is 0 Å². The fraction of sp³-hybridized carbons (Fsp3) is 0.818. The van der Waals surface area contributed by atoms with Gasteiger partial charge in [0.05, 0.1) is 11.8 Å². The largest absolute Gasteiger partial charge is 0.481 e. The van der Waals surface area contributed by atoms with E-state index in [9.17, 15) is 9.59 Å². The van der Waals surface area contributed by atoms with Gasteiger partial charge in [-0.15, -0.1) is 0 Å². The zero-order valence-electron chi connectivity index (χ0n) is 9.12. The maximum atomic E-state index is 11.7. The van der Waals surface area contributed by atoms with E-state index in [4.69, 9.17) is 5.11 Å². The van der Waals surface area contributed by atoms with Crippen LogP contribution in [-0.2, 0) is 9.59 Å². The molecule has 0 saturated heterocycles. The lowest BCUT2D eigenvalue weighted by molar-refractivity contribution is -0.140. The molecule has 2 rings (SSSR count). The molecule has 0 aromatic rings. The highest BCUT2D eigenvalue weighted by Crippen LogP contribution is 2.42. The van der Waals surface area contributed by atoms with Gasteiger partial charge in [0.1, 0.15) is 0 Å². The summed E-state index contributed by atoms with van der Waals surface area (Å²) in [5.74, 6) is -1.09. The van der Waals surface area contributed by atoms with Gasteiger partial charge >= 0.3 is 5.97 Å². The summed E-state index contributed by atoms with van der Waals surface area (Å²) in [7, 11) is 0. The number of carbonyl (C=O) groups excluding carboxylic acids is 1. The number of nitrogens with one attached hydrogen (secondary N) is 1. The maximum absolute atomic E-state index is 11.7. The van der Waals surface area contributed by atoms with Crippen LogP contribution in [0, 0.1) is 17.8 Å². The van der Waals surface area contributed by atoms with Crippen LogP contribution in [0.1, 0.15) is 33.1 Å². The molecule has 0 spiro atoms. The molecule has 2 N–H and O–H groups in total. The summed E-state index contributed by atoms with van der Waals surface area (Å²) in [5.41, 5.74) is -0.164. The summed E-state index contributed by atoms with van der Waals surface area (Å²) in [4.78, 5) is 22.3. The number of carboxylic acids is 1. The quantitative estimate of drug-likeness (QED) is 0.729. The molecule has 0 radical (unpaired) electrons. The minimum atomic E-state index is -0.848. The van der Waals surface area contributed by atoms with Crippen LogP contribution in [0.3, 0.4) is 0 Å². The number of hydrogen-bond acceptors (Lipinski definition) is 2. The molecule has 0 bridgehead atoms. The first-order chi connectivity index (χ1) is 6.92. The molecule has 0 aromatic carbocycles. The van der Waals surface area contributed by atoms with Gasteiger partial charge < -0.3 is 10.4 Å². The highest BCUT2D eigenvalue weighted by atomic mass is 16.4. The normalized spacial score (nSPS) is 29.7. The third-order valence-corrected chi connectivity index (χ3v) is 3.49. The summed E-state index contributed by atoms with van der Waals surface area (Å²) in [5, 5.41) is 11.7. The molecule has 2 unspecified atom stereocenters. The van der Waals surface area contributed by atoms with Crippen LogP contribution >= 0.6 is 0 Å². The smallest absolute Gasteiger partial charge is 0.307 e. The number of carbonyl (C=O) groups is 2. The first-order valence-corrected chi connectivity index (χ1v) is 5.46. The van der Waals surface area contributed by atoms with E-state index in [1.807, 2.05) is 13.8 Å². The molecule has 15 heavy (non-hydrogen) atoms. The number of amides is 1. The lowest BCUT2D eigenvalue weighted by Crippen LogP contribution is -2.46. The Kier molecular flexibility index (Phi) is 2.24. The highest BCUT2D eigenvalue weighted by molar-refractivity contribution is 5.89. The second-order valence-corrected chi connectivity index (χ2v) is 5.27. The summed E-state index contributed by atoms with van der Waals surface area (Å²) >= 11 is 0. The van der Waals surface area contributed by atoms with Gasteiger partial charge in [-0.1, -0.05) is 0 Å². The molecule has 0 heterocycles. The van der Waals surface area contributed by atoms with Gasteiger partial charge in [-0.25, -0.2) is 0 Å². The third kappa shape index (κ3) is 2.13. The van der Waals surface area contributed by atoms with Crippen LogP contribution < -0.4 is 5.32 Å². The van der Waals surface area contributed by atoms with Crippen LogP contribution in [-0.4, -0.2) is 22.5 Å². The highest BCUT2D eigenvalue weighted by Gasteiger charge is 2.50. The topological polar surface area (TPSA) is 66.4 Å². The van der Waals surface area contributed by atoms with Crippen molar-refractivity contribution in [3.05, 3.63) is 0 Å². The average Bonchev–Trinajstić information content (AvgIpc) is 2.98. The van der Waals surface area contributed by atoms with Gasteiger partial charge in [0.25, 0.3) is 0 Å². The second kappa shape index (κ2) is 3.22. The van der Waals surface area contributed by atoms with Crippen molar-refractivity contribution in [3.8, 4) is 0 Å². The Morgan fingerprint density at radius 3 is 2.27 bits per heavy atom. The van der Waals surface area contributed by atoms with Crippen molar-refractivity contribution >= 4 is 11.9 Å². The van der Waals surface area contributed by atoms with Crippen molar-refractivity contribution in [3.63, 3.8) is 0 Å². The SMILES string of the molecule is CC(C)(NC(=O)C1CC1C(=O)O)C1CC1. The van der Waals surface area contributed by atoms with E-state index in [0.29, 0.717) is 12.3 Å². The van der Waals surface area contributed by atoms with Gasteiger partial charge in [0.2, 0.25) is 5.91 Å². The van der Waals surface area contributed by atoms with Crippen LogP contribution in [0.4, 0.5) is 0 Å². The molecule has 2 fully saturated rings. The Morgan fingerprint density at radius 2 is 1.87 bits per heavy atom. The fourth-order valence-corrected chi connectivity index (χ4v) is 2.08. The van der Waals surface area contributed by atoms with Crippen LogP contribution in [0.15, 0.2) is 0 Å². The van der Waals surface area contributed by atoms with Crippen molar-refractivity contribution in [1.29, 1.82) is 0 Å². The lowest BCUT2D eigenvalue weighted by atomic mass is 9.98. The third-order valence-electron chi connectivity index (χ3n) is 3.49. The molecule has 2 aliphatic rings. The first kappa shape index (κ1) is 10.5. The van der Waals surface area contributed by atoms with E-state index in [2.05, 4.69) is 5.32 Å². The first-order valence-electron chi connectivity index (χ1n) is 5.46. The number of hydrogen-bond donors (Lipinski definition) is 2. The minimum absolute atomic E-state index is 0.0840. The zero-order chi connectivity index (χ0) is 11.2. The molecule has 2 aliphatic carbocycles. The van der Waals surface area contributed by atoms with Gasteiger partial charge in [-0.2, -0.15) is 0 Å². The Bertz CT molecular complexity index is 307. The van der Waals surface area contributed by atoms with E-state index >= 15 is 0 Å². The van der Waals surface area contributed by atoms with Crippen LogP contribution in [0.5, 0.6) is 0 Å². The molecule has 4 nitrogen and oxygen atoms in total. The van der Waals surface area contributed by atoms with Gasteiger partial charge in [0, 0.05) is 5.54 Å². The summed E-state index contributed by atoms with van der Waals surface area (Å²) in [6.07, 6.45) is 2.84. The van der Waals surface area contributed by atoms with Crippen LogP contribution in [0.2, 0.25) is 0 Å². The molecule has 1 amide bonds. The monoisotopic (exact) mass is 211 g/mol. The molecule has 2 atom stereocenters. The summed E-state index contributed by atoms with van der Waals surface area (Å²) in [6.45, 7) is 4.03. The van der Waals surface area contributed by atoms with E-state index in [1.165, 1.54) is 12.8 Å². The standard InChI is InChI=1S/C11H17NO3/c1-11(2,6-3-4-6)12-9(13)7-5-8(7)10(14)15/h6-8H,3-5H2,1-2H3,(H,12,13)(H,14,15). The Labute approximate surface area is 89.0 Å². The van der Waals surface area contributed by atoms with Crippen molar-refractivity contribution in [2.75, 3.05) is 0 Å². The second-order valence-electron chi connectivity index (χ2n) is 5.27. The zero-order valence-corrected chi connectivity index (χ0v) is 9.12. The molecular weight excluding hydrogens is 194 g/mol. The Morgan fingerprint density at radius 1 is 1.27 bits per heavy atom. The van der Waals surface area contributed by atoms with E-state index in [0.717, 1.165) is 0 Å². The summed E-state index contributed by atoms with van der Waals surface area (Å²) in [6, 6.07) is 0. The predicted molar refractivity (Wildman–Crippen MR) is 54.2 cm³/mol. The van der Waals surface area contributed by atoms with Gasteiger partial charge in [-0.05, 0) is 39.0 Å². The van der Waals surface area contributed by atoms with Gasteiger partial charge in [0.15, 0.2) is 0 Å². The fourth-order valence-electron chi connectivity index (χ4n) is 2.08. The van der Waals surface area contributed by atoms with E-state index in [1.54, 1.807) is 0 Å². The molecule has 2 saturated carbocycles.